The summed E-state index contributed by atoms with van der Waals surface area (Å²) in [5, 5.41) is 0. The molecule has 0 saturated heterocycles. The molecule has 0 amide bonds. The number of aromatic amines is 1. The molecule has 0 radical (unpaired) electrons. The van der Waals surface area contributed by atoms with Gasteiger partial charge in [-0.1, -0.05) is 0 Å². The van der Waals surface area contributed by atoms with Crippen molar-refractivity contribution < 1.29 is 0 Å². The van der Waals surface area contributed by atoms with Gasteiger partial charge in [-0.15, -0.1) is 0 Å². The second-order valence-electron chi connectivity index (χ2n) is 2.16. The fourth-order valence-electron chi connectivity index (χ4n) is 0.818. The highest BCUT2D eigenvalue weighted by atomic mass is 16.1. The van der Waals surface area contributed by atoms with E-state index in [-0.39, 0.29) is 5.56 Å². The average molecular weight is 138 g/mol. The Labute approximate surface area is 58.9 Å². The minimum Gasteiger partial charge on any atom is -0.329 e. The van der Waals surface area contributed by atoms with Gasteiger partial charge >= 0.3 is 0 Å². The Hall–Kier alpha value is -1.09. The van der Waals surface area contributed by atoms with Crippen molar-refractivity contribution in [1.82, 2.24) is 4.98 Å². The van der Waals surface area contributed by atoms with E-state index in [1.807, 2.05) is 6.07 Å². The first-order chi connectivity index (χ1) is 4.75. The van der Waals surface area contributed by atoms with Gasteiger partial charge in [-0.25, -0.2) is 0 Å². The normalized spacial score (nSPS) is 9.80. The van der Waals surface area contributed by atoms with Gasteiger partial charge in [-0.05, 0) is 18.6 Å². The van der Waals surface area contributed by atoms with E-state index in [1.165, 1.54) is 0 Å². The molecule has 0 aliphatic heterocycles. The Morgan fingerprint density at radius 3 is 2.90 bits per heavy atom. The summed E-state index contributed by atoms with van der Waals surface area (Å²) in [7, 11) is 0. The molecule has 1 rings (SSSR count). The molecule has 0 aromatic carbocycles. The molecule has 0 unspecified atom stereocenters. The van der Waals surface area contributed by atoms with Gasteiger partial charge in [0.05, 0.1) is 0 Å². The molecule has 3 nitrogen and oxygen atoms in total. The van der Waals surface area contributed by atoms with Gasteiger partial charge in [0.2, 0.25) is 0 Å². The zero-order valence-corrected chi connectivity index (χ0v) is 5.85. The molecule has 1 heterocycles. The maximum atomic E-state index is 10.9. The smallest absolute Gasteiger partial charge is 0.251 e. The van der Waals surface area contributed by atoms with Gasteiger partial charge in [0, 0.05) is 18.3 Å². The zero-order chi connectivity index (χ0) is 7.56. The predicted molar refractivity (Wildman–Crippen MR) is 39.7 cm³/mol. The minimum absolute atomic E-state index is 0.0528. The first-order valence-corrected chi connectivity index (χ1v) is 3.13. The summed E-state index contributed by atoms with van der Waals surface area (Å²) in [5.41, 5.74) is 6.93. The number of aromatic nitrogens is 1. The molecule has 54 valence electrons. The van der Waals surface area contributed by atoms with Crippen molar-refractivity contribution >= 4 is 0 Å². The Morgan fingerprint density at radius 1 is 1.70 bits per heavy atom. The maximum absolute atomic E-state index is 10.9. The minimum atomic E-state index is -0.0528. The molecule has 0 bridgehead atoms. The lowest BCUT2D eigenvalue weighted by Crippen LogP contribution is -2.13. The van der Waals surface area contributed by atoms with Crippen LogP contribution in [0.4, 0.5) is 0 Å². The number of nitrogens with one attached hydrogen (secondary N) is 1. The third kappa shape index (κ3) is 1.09. The molecular formula is C7H10N2O. The van der Waals surface area contributed by atoms with Gasteiger partial charge in [0.1, 0.15) is 0 Å². The summed E-state index contributed by atoms with van der Waals surface area (Å²) < 4.78 is 0. The molecule has 0 aliphatic carbocycles. The van der Waals surface area contributed by atoms with Gasteiger partial charge in [0.15, 0.2) is 0 Å². The van der Waals surface area contributed by atoms with Crippen molar-refractivity contribution in [3.8, 4) is 0 Å². The summed E-state index contributed by atoms with van der Waals surface area (Å²) in [6.45, 7) is 2.19. The Balaban J connectivity index is 3.28. The van der Waals surface area contributed by atoms with Crippen LogP contribution in [0.5, 0.6) is 0 Å². The number of nitrogens with two attached hydrogens (primary N) is 1. The fraction of sp³-hybridized carbons (Fsp3) is 0.286. The van der Waals surface area contributed by atoms with Gasteiger partial charge in [-0.3, -0.25) is 4.79 Å². The standard InChI is InChI=1S/C7H10N2O/c1-5-6(4-8)2-3-9-7(5)10/h2-3H,4,8H2,1H3,(H,9,10). The molecule has 0 aliphatic rings. The average Bonchev–Trinajstić information content (AvgIpc) is 1.95. The second-order valence-corrected chi connectivity index (χ2v) is 2.16. The van der Waals surface area contributed by atoms with E-state index in [0.29, 0.717) is 12.1 Å². The molecular weight excluding hydrogens is 128 g/mol. The summed E-state index contributed by atoms with van der Waals surface area (Å²) in [6.07, 6.45) is 1.61. The van der Waals surface area contributed by atoms with Crippen LogP contribution in [0.2, 0.25) is 0 Å². The van der Waals surface area contributed by atoms with E-state index in [9.17, 15) is 4.79 Å². The zero-order valence-electron chi connectivity index (χ0n) is 5.85. The largest absolute Gasteiger partial charge is 0.329 e. The number of rotatable bonds is 1. The van der Waals surface area contributed by atoms with E-state index < -0.39 is 0 Å². The number of hydrogen-bond acceptors (Lipinski definition) is 2. The van der Waals surface area contributed by atoms with Crippen molar-refractivity contribution in [2.24, 2.45) is 5.73 Å². The Kier molecular flexibility index (Phi) is 1.87. The summed E-state index contributed by atoms with van der Waals surface area (Å²) in [6, 6.07) is 1.82. The quantitative estimate of drug-likeness (QED) is 0.580. The van der Waals surface area contributed by atoms with Crippen LogP contribution in [0.3, 0.4) is 0 Å². The molecule has 1 aromatic rings. The van der Waals surface area contributed by atoms with Crippen LogP contribution in [0, 0.1) is 6.92 Å². The number of hydrogen-bond donors (Lipinski definition) is 2. The molecule has 0 spiro atoms. The van der Waals surface area contributed by atoms with Crippen LogP contribution in [0.15, 0.2) is 17.1 Å². The van der Waals surface area contributed by atoms with Crippen LogP contribution in [-0.2, 0) is 6.54 Å². The van der Waals surface area contributed by atoms with E-state index in [4.69, 9.17) is 5.73 Å². The van der Waals surface area contributed by atoms with Gasteiger partial charge in [-0.2, -0.15) is 0 Å². The summed E-state index contributed by atoms with van der Waals surface area (Å²) in [4.78, 5) is 13.5. The summed E-state index contributed by atoms with van der Waals surface area (Å²) >= 11 is 0. The molecule has 1 aromatic heterocycles. The van der Waals surface area contributed by atoms with Crippen LogP contribution in [0.1, 0.15) is 11.1 Å². The first-order valence-electron chi connectivity index (χ1n) is 3.13. The molecule has 3 N–H and O–H groups in total. The number of pyridine rings is 1. The molecule has 3 heteroatoms. The van der Waals surface area contributed by atoms with Crippen molar-refractivity contribution in [3.05, 3.63) is 33.7 Å². The summed E-state index contributed by atoms with van der Waals surface area (Å²) in [5.74, 6) is 0. The highest BCUT2D eigenvalue weighted by Crippen LogP contribution is 1.97. The predicted octanol–water partition coefficient (Wildman–Crippen LogP) is 0.142. The topological polar surface area (TPSA) is 58.9 Å². The molecule has 10 heavy (non-hydrogen) atoms. The van der Waals surface area contributed by atoms with Crippen molar-refractivity contribution in [2.75, 3.05) is 0 Å². The van der Waals surface area contributed by atoms with Crippen LogP contribution < -0.4 is 11.3 Å². The first kappa shape index (κ1) is 7.02. The SMILES string of the molecule is Cc1c(CN)cc[nH]c1=O. The lowest BCUT2D eigenvalue weighted by atomic mass is 10.2. The number of H-pyrrole nitrogens is 1. The van der Waals surface area contributed by atoms with E-state index in [0.717, 1.165) is 5.56 Å². The van der Waals surface area contributed by atoms with Crippen LogP contribution in [-0.4, -0.2) is 4.98 Å². The van der Waals surface area contributed by atoms with Crippen LogP contribution in [0.25, 0.3) is 0 Å². The molecule has 0 atom stereocenters. The van der Waals surface area contributed by atoms with Crippen molar-refractivity contribution in [3.63, 3.8) is 0 Å². The fourth-order valence-corrected chi connectivity index (χ4v) is 0.818. The highest BCUT2D eigenvalue weighted by molar-refractivity contribution is 5.20. The highest BCUT2D eigenvalue weighted by Gasteiger charge is 1.96. The van der Waals surface area contributed by atoms with Crippen molar-refractivity contribution in [2.45, 2.75) is 13.5 Å². The second kappa shape index (κ2) is 2.66. The lowest BCUT2D eigenvalue weighted by Gasteiger charge is -1.97. The molecule has 0 fully saturated rings. The monoisotopic (exact) mass is 138 g/mol. The third-order valence-corrected chi connectivity index (χ3v) is 1.54. The van der Waals surface area contributed by atoms with E-state index in [2.05, 4.69) is 4.98 Å². The maximum Gasteiger partial charge on any atom is 0.251 e. The van der Waals surface area contributed by atoms with Gasteiger partial charge < -0.3 is 10.7 Å². The Bertz CT molecular complexity index is 277. The Morgan fingerprint density at radius 2 is 2.40 bits per heavy atom. The van der Waals surface area contributed by atoms with Crippen molar-refractivity contribution in [1.29, 1.82) is 0 Å². The third-order valence-electron chi connectivity index (χ3n) is 1.54. The van der Waals surface area contributed by atoms with E-state index in [1.54, 1.807) is 13.1 Å². The van der Waals surface area contributed by atoms with E-state index >= 15 is 0 Å². The lowest BCUT2D eigenvalue weighted by molar-refractivity contribution is 1.01. The van der Waals surface area contributed by atoms with Crippen LogP contribution >= 0.6 is 0 Å². The van der Waals surface area contributed by atoms with Gasteiger partial charge in [0.25, 0.3) is 5.56 Å². The molecule has 0 saturated carbocycles.